The molecular weight excluding hydrogens is 334 g/mol. The Bertz CT molecular complexity index is 833. The van der Waals surface area contributed by atoms with E-state index in [4.69, 9.17) is 14.2 Å². The number of hydrogen-bond donors (Lipinski definition) is 0. The monoisotopic (exact) mass is 355 g/mol. The number of benzene rings is 2. The number of hydrogen-bond acceptors (Lipinski definition) is 5. The molecule has 0 aliphatic carbocycles. The summed E-state index contributed by atoms with van der Waals surface area (Å²) in [6.07, 6.45) is 0.814. The molecule has 6 nitrogen and oxygen atoms in total. The van der Waals surface area contributed by atoms with Gasteiger partial charge in [-0.2, -0.15) is 0 Å². The molecule has 0 fully saturated rings. The third-order valence-corrected chi connectivity index (χ3v) is 4.42. The topological polar surface area (TPSA) is 65.1 Å². The minimum Gasteiger partial charge on any atom is -0.497 e. The largest absolute Gasteiger partial charge is 0.497 e. The van der Waals surface area contributed by atoms with Crippen LogP contribution < -0.4 is 14.4 Å². The van der Waals surface area contributed by atoms with Gasteiger partial charge in [-0.25, -0.2) is 4.79 Å². The number of anilines is 1. The third kappa shape index (κ3) is 3.35. The highest BCUT2D eigenvalue weighted by molar-refractivity contribution is 5.97. The van der Waals surface area contributed by atoms with E-state index in [2.05, 4.69) is 0 Å². The van der Waals surface area contributed by atoms with E-state index in [1.54, 1.807) is 23.1 Å². The third-order valence-electron chi connectivity index (χ3n) is 4.42. The Hall–Kier alpha value is -3.02. The Morgan fingerprint density at radius 2 is 1.92 bits per heavy atom. The van der Waals surface area contributed by atoms with Gasteiger partial charge in [0.15, 0.2) is 6.61 Å². The molecule has 26 heavy (non-hydrogen) atoms. The van der Waals surface area contributed by atoms with Crippen molar-refractivity contribution < 1.29 is 23.8 Å². The first-order valence-corrected chi connectivity index (χ1v) is 8.34. The average molecular weight is 355 g/mol. The maximum absolute atomic E-state index is 12.8. The predicted octanol–water partition coefficient (Wildman–Crippen LogP) is 2.84. The van der Waals surface area contributed by atoms with Crippen LogP contribution in [0.4, 0.5) is 5.69 Å². The van der Waals surface area contributed by atoms with Crippen LogP contribution >= 0.6 is 0 Å². The lowest BCUT2D eigenvalue weighted by atomic mass is 10.1. The van der Waals surface area contributed by atoms with Gasteiger partial charge in [0.25, 0.3) is 5.91 Å². The van der Waals surface area contributed by atoms with Crippen LogP contribution in [0.2, 0.25) is 0 Å². The summed E-state index contributed by atoms with van der Waals surface area (Å²) in [6.45, 7) is 1.82. The second kappa shape index (κ2) is 7.47. The fraction of sp³-hybridized carbons (Fsp3) is 0.300. The number of nitrogens with zero attached hydrogens (tertiary/aromatic N) is 1. The van der Waals surface area contributed by atoms with Crippen molar-refractivity contribution in [2.45, 2.75) is 19.4 Å². The average Bonchev–Trinajstić information content (AvgIpc) is 3.00. The number of esters is 1. The lowest BCUT2D eigenvalue weighted by Gasteiger charge is -2.23. The van der Waals surface area contributed by atoms with E-state index in [0.29, 0.717) is 5.75 Å². The molecule has 0 spiro atoms. The molecule has 0 saturated carbocycles. The lowest BCUT2D eigenvalue weighted by molar-refractivity contribution is -0.120. The molecule has 1 amide bonds. The van der Waals surface area contributed by atoms with Gasteiger partial charge in [-0.1, -0.05) is 18.2 Å². The van der Waals surface area contributed by atoms with Gasteiger partial charge in [-0.15, -0.1) is 0 Å². The molecule has 3 rings (SSSR count). The molecule has 0 bridgehead atoms. The zero-order chi connectivity index (χ0) is 18.7. The summed E-state index contributed by atoms with van der Waals surface area (Å²) in [4.78, 5) is 26.4. The second-order valence-corrected chi connectivity index (χ2v) is 6.09. The number of ether oxygens (including phenoxy) is 3. The van der Waals surface area contributed by atoms with Gasteiger partial charge < -0.3 is 19.1 Å². The number of carbonyl (C=O) groups is 2. The molecule has 1 aliphatic heterocycles. The summed E-state index contributed by atoms with van der Waals surface area (Å²) in [5.74, 6) is 0.0840. The molecule has 0 saturated heterocycles. The van der Waals surface area contributed by atoms with Gasteiger partial charge in [-0.3, -0.25) is 4.79 Å². The van der Waals surface area contributed by atoms with Crippen molar-refractivity contribution in [3.8, 4) is 11.5 Å². The fourth-order valence-electron chi connectivity index (χ4n) is 3.18. The van der Waals surface area contributed by atoms with Crippen molar-refractivity contribution in [2.75, 3.05) is 25.7 Å². The summed E-state index contributed by atoms with van der Waals surface area (Å²) in [5.41, 5.74) is 2.30. The van der Waals surface area contributed by atoms with Gasteiger partial charge >= 0.3 is 5.97 Å². The highest BCUT2D eigenvalue weighted by atomic mass is 16.5. The van der Waals surface area contributed by atoms with E-state index >= 15 is 0 Å². The standard InChI is InChI=1S/C20H21NO5/c1-13-10-14-6-4-5-7-17(14)21(13)19(22)12-26-18-11-15(24-2)8-9-16(18)20(23)25-3/h4-9,11,13H,10,12H2,1-3H3/t13-/m1/s1. The summed E-state index contributed by atoms with van der Waals surface area (Å²) in [5, 5.41) is 0. The van der Waals surface area contributed by atoms with Crippen LogP contribution in [-0.2, 0) is 16.0 Å². The number of methoxy groups -OCH3 is 2. The van der Waals surface area contributed by atoms with E-state index in [9.17, 15) is 9.59 Å². The Morgan fingerprint density at radius 1 is 1.15 bits per heavy atom. The molecule has 0 radical (unpaired) electrons. The van der Waals surface area contributed by atoms with E-state index in [1.165, 1.54) is 14.2 Å². The van der Waals surface area contributed by atoms with Crippen LogP contribution in [0.15, 0.2) is 42.5 Å². The molecule has 2 aromatic rings. The quantitative estimate of drug-likeness (QED) is 0.772. The summed E-state index contributed by atoms with van der Waals surface area (Å²) >= 11 is 0. The fourth-order valence-corrected chi connectivity index (χ4v) is 3.18. The molecule has 136 valence electrons. The summed E-state index contributed by atoms with van der Waals surface area (Å²) < 4.78 is 15.6. The van der Waals surface area contributed by atoms with Crippen molar-refractivity contribution in [2.24, 2.45) is 0 Å². The number of amides is 1. The first-order chi connectivity index (χ1) is 12.5. The molecular formula is C20H21NO5. The summed E-state index contributed by atoms with van der Waals surface area (Å²) in [6, 6.07) is 12.7. The number of carbonyl (C=O) groups excluding carboxylic acids is 2. The van der Waals surface area contributed by atoms with E-state index in [0.717, 1.165) is 17.7 Å². The Kier molecular flexibility index (Phi) is 5.11. The van der Waals surface area contributed by atoms with Crippen LogP contribution in [0.1, 0.15) is 22.8 Å². The van der Waals surface area contributed by atoms with Crippen molar-refractivity contribution >= 4 is 17.6 Å². The molecule has 0 unspecified atom stereocenters. The Balaban J connectivity index is 1.79. The molecule has 6 heteroatoms. The minimum absolute atomic E-state index is 0.0638. The van der Waals surface area contributed by atoms with Crippen LogP contribution in [0.25, 0.3) is 0 Å². The molecule has 2 aromatic carbocycles. The minimum atomic E-state index is -0.532. The number of rotatable bonds is 5. The van der Waals surface area contributed by atoms with Crippen LogP contribution in [0.5, 0.6) is 11.5 Å². The van der Waals surface area contributed by atoms with Gasteiger partial charge in [-0.05, 0) is 37.1 Å². The zero-order valence-electron chi connectivity index (χ0n) is 15.0. The maximum atomic E-state index is 12.8. The first kappa shape index (κ1) is 17.8. The van der Waals surface area contributed by atoms with E-state index in [1.807, 2.05) is 31.2 Å². The van der Waals surface area contributed by atoms with Gasteiger partial charge in [0.05, 0.1) is 14.2 Å². The lowest BCUT2D eigenvalue weighted by Crippen LogP contribution is -2.39. The van der Waals surface area contributed by atoms with Crippen LogP contribution in [0.3, 0.4) is 0 Å². The number of fused-ring (bicyclic) bond motifs is 1. The first-order valence-electron chi connectivity index (χ1n) is 8.34. The molecule has 0 aromatic heterocycles. The van der Waals surface area contributed by atoms with Crippen molar-refractivity contribution in [1.82, 2.24) is 0 Å². The Labute approximate surface area is 152 Å². The highest BCUT2D eigenvalue weighted by Gasteiger charge is 2.30. The van der Waals surface area contributed by atoms with Crippen molar-refractivity contribution in [1.29, 1.82) is 0 Å². The Morgan fingerprint density at radius 3 is 2.65 bits per heavy atom. The van der Waals surface area contributed by atoms with Crippen LogP contribution in [-0.4, -0.2) is 38.7 Å². The SMILES string of the molecule is COC(=O)c1ccc(OC)cc1OCC(=O)N1c2ccccc2C[C@H]1C. The van der Waals surface area contributed by atoms with E-state index in [-0.39, 0.29) is 29.9 Å². The van der Waals surface area contributed by atoms with Crippen molar-refractivity contribution in [3.63, 3.8) is 0 Å². The zero-order valence-corrected chi connectivity index (χ0v) is 15.0. The normalized spacial score (nSPS) is 15.3. The number of para-hydroxylation sites is 1. The second-order valence-electron chi connectivity index (χ2n) is 6.09. The maximum Gasteiger partial charge on any atom is 0.341 e. The molecule has 1 heterocycles. The van der Waals surface area contributed by atoms with Crippen molar-refractivity contribution in [3.05, 3.63) is 53.6 Å². The molecule has 0 N–H and O–H groups in total. The molecule has 1 atom stereocenters. The molecule has 1 aliphatic rings. The predicted molar refractivity (Wildman–Crippen MR) is 96.9 cm³/mol. The van der Waals surface area contributed by atoms with Gasteiger partial charge in [0.2, 0.25) is 0 Å². The van der Waals surface area contributed by atoms with Gasteiger partial charge in [0, 0.05) is 17.8 Å². The van der Waals surface area contributed by atoms with E-state index < -0.39 is 5.97 Å². The highest BCUT2D eigenvalue weighted by Crippen LogP contribution is 2.32. The summed E-state index contributed by atoms with van der Waals surface area (Å²) in [7, 11) is 2.81. The van der Waals surface area contributed by atoms with Gasteiger partial charge in [0.1, 0.15) is 17.1 Å². The smallest absolute Gasteiger partial charge is 0.341 e. The van der Waals surface area contributed by atoms with Crippen LogP contribution in [0, 0.1) is 0 Å².